The van der Waals surface area contributed by atoms with Crippen LogP contribution in [0.2, 0.25) is 0 Å². The number of rotatable bonds is 3. The number of carbonyl (C=O) groups excluding carboxylic acids is 1. The number of nitrogens with two attached hydrogens (primary N) is 1. The molecule has 0 aliphatic rings. The van der Waals surface area contributed by atoms with Gasteiger partial charge in [-0.2, -0.15) is 0 Å². The summed E-state index contributed by atoms with van der Waals surface area (Å²) in [7, 11) is 0. The van der Waals surface area contributed by atoms with E-state index in [1.165, 1.54) is 6.20 Å². The maximum atomic E-state index is 11.6. The monoisotopic (exact) mass is 209 g/mol. The predicted molar refractivity (Wildman–Crippen MR) is 63.2 cm³/mol. The van der Waals surface area contributed by atoms with E-state index < -0.39 is 5.41 Å². The summed E-state index contributed by atoms with van der Waals surface area (Å²) in [6.07, 6.45) is 6.43. The van der Waals surface area contributed by atoms with E-state index in [1.807, 2.05) is 33.8 Å². The van der Waals surface area contributed by atoms with Crippen molar-refractivity contribution in [1.82, 2.24) is 5.32 Å². The van der Waals surface area contributed by atoms with Crippen molar-refractivity contribution in [3.8, 4) is 0 Å². The lowest BCUT2D eigenvalue weighted by Gasteiger charge is -2.17. The van der Waals surface area contributed by atoms with Gasteiger partial charge in [0, 0.05) is 17.8 Å². The van der Waals surface area contributed by atoms with Crippen molar-refractivity contribution in [3.63, 3.8) is 0 Å². The Hall–Kier alpha value is -1.58. The van der Waals surface area contributed by atoms with Crippen molar-refractivity contribution in [2.75, 3.05) is 0 Å². The van der Waals surface area contributed by atoms with Crippen LogP contribution in [0.3, 0.4) is 0 Å². The molecule has 4 heteroatoms. The Bertz CT molecular complexity index is 295. The molecule has 0 saturated carbocycles. The molecule has 0 fully saturated rings. The van der Waals surface area contributed by atoms with E-state index in [4.69, 9.17) is 5.73 Å². The minimum atomic E-state index is -0.454. The molecule has 0 aromatic carbocycles. The zero-order valence-corrected chi connectivity index (χ0v) is 9.74. The van der Waals surface area contributed by atoms with E-state index in [0.29, 0.717) is 5.82 Å². The van der Waals surface area contributed by atoms with Crippen LogP contribution in [0.4, 0.5) is 0 Å². The molecule has 0 unspecified atom stereocenters. The number of amides is 1. The average Bonchev–Trinajstić information content (AvgIpc) is 2.14. The molecular formula is C11H19N3O. The van der Waals surface area contributed by atoms with Crippen molar-refractivity contribution >= 4 is 12.1 Å². The molecule has 0 radical (unpaired) electrons. The quantitative estimate of drug-likeness (QED) is 0.692. The number of carbonyl (C=O) groups is 1. The summed E-state index contributed by atoms with van der Waals surface area (Å²) in [5, 5.41) is 2.63. The third-order valence-corrected chi connectivity index (χ3v) is 1.57. The van der Waals surface area contributed by atoms with Crippen LogP contribution in [0.5, 0.6) is 0 Å². The first-order valence-corrected chi connectivity index (χ1v) is 4.80. The number of allylic oxidation sites excluding steroid dienone is 2. The van der Waals surface area contributed by atoms with Crippen molar-refractivity contribution in [3.05, 3.63) is 24.2 Å². The summed E-state index contributed by atoms with van der Waals surface area (Å²) in [5.74, 6) is 0.241. The molecule has 0 aromatic heterocycles. The Morgan fingerprint density at radius 3 is 2.40 bits per heavy atom. The van der Waals surface area contributed by atoms with E-state index in [-0.39, 0.29) is 5.91 Å². The van der Waals surface area contributed by atoms with E-state index in [1.54, 1.807) is 12.3 Å². The van der Waals surface area contributed by atoms with Gasteiger partial charge in [0.05, 0.1) is 0 Å². The van der Waals surface area contributed by atoms with E-state index >= 15 is 0 Å². The third-order valence-electron chi connectivity index (χ3n) is 1.57. The minimum Gasteiger partial charge on any atom is -0.402 e. The van der Waals surface area contributed by atoms with E-state index in [9.17, 15) is 4.79 Å². The maximum Gasteiger partial charge on any atom is 0.230 e. The minimum absolute atomic E-state index is 0.114. The molecule has 15 heavy (non-hydrogen) atoms. The van der Waals surface area contributed by atoms with Crippen LogP contribution in [0.25, 0.3) is 0 Å². The number of nitrogens with one attached hydrogen (secondary N) is 1. The van der Waals surface area contributed by atoms with Crippen molar-refractivity contribution in [1.29, 1.82) is 0 Å². The number of nitrogens with zero attached hydrogens (tertiary/aromatic N) is 1. The highest BCUT2D eigenvalue weighted by molar-refractivity contribution is 5.83. The summed E-state index contributed by atoms with van der Waals surface area (Å²) >= 11 is 0. The normalized spacial score (nSPS) is 13.7. The van der Waals surface area contributed by atoms with Gasteiger partial charge in [-0.05, 0) is 13.0 Å². The van der Waals surface area contributed by atoms with Gasteiger partial charge in [0.2, 0.25) is 5.91 Å². The highest BCUT2D eigenvalue weighted by Crippen LogP contribution is 2.13. The van der Waals surface area contributed by atoms with Crippen LogP contribution in [-0.2, 0) is 4.79 Å². The number of aliphatic imine (C=N–C) groups is 1. The Morgan fingerprint density at radius 2 is 2.00 bits per heavy atom. The molecule has 0 spiro atoms. The molecule has 84 valence electrons. The Balaban J connectivity index is 4.44. The lowest BCUT2D eigenvalue weighted by molar-refractivity contribution is -0.127. The fourth-order valence-corrected chi connectivity index (χ4v) is 0.630. The molecule has 0 heterocycles. The molecular weight excluding hydrogens is 190 g/mol. The van der Waals surface area contributed by atoms with Gasteiger partial charge in [-0.1, -0.05) is 26.8 Å². The summed E-state index contributed by atoms with van der Waals surface area (Å²) in [6, 6.07) is 0. The Kier molecular flexibility index (Phi) is 5.37. The van der Waals surface area contributed by atoms with Gasteiger partial charge in [0.15, 0.2) is 0 Å². The zero-order valence-electron chi connectivity index (χ0n) is 9.74. The highest BCUT2D eigenvalue weighted by Gasteiger charge is 2.21. The molecule has 3 N–H and O–H groups in total. The molecule has 0 rings (SSSR count). The molecule has 0 aliphatic carbocycles. The van der Waals surface area contributed by atoms with E-state index in [2.05, 4.69) is 10.3 Å². The van der Waals surface area contributed by atoms with Crippen LogP contribution >= 0.6 is 0 Å². The van der Waals surface area contributed by atoms with Crippen molar-refractivity contribution in [2.24, 2.45) is 16.1 Å². The first kappa shape index (κ1) is 13.4. The maximum absolute atomic E-state index is 11.6. The van der Waals surface area contributed by atoms with Crippen LogP contribution in [0.1, 0.15) is 27.7 Å². The lowest BCUT2D eigenvalue weighted by atomic mass is 9.96. The number of hydrogen-bond donors (Lipinski definition) is 2. The first-order valence-electron chi connectivity index (χ1n) is 4.80. The summed E-state index contributed by atoms with van der Waals surface area (Å²) in [6.45, 7) is 7.36. The molecule has 1 amide bonds. The summed E-state index contributed by atoms with van der Waals surface area (Å²) < 4.78 is 0. The van der Waals surface area contributed by atoms with Gasteiger partial charge >= 0.3 is 0 Å². The van der Waals surface area contributed by atoms with Crippen LogP contribution in [0.15, 0.2) is 29.2 Å². The second-order valence-electron chi connectivity index (χ2n) is 4.06. The molecule has 0 aliphatic heterocycles. The molecule has 0 atom stereocenters. The van der Waals surface area contributed by atoms with Gasteiger partial charge in [0.25, 0.3) is 0 Å². The standard InChI is InChI=1S/C11H19N3O/c1-5-6-7-13-9(8-12)14-10(15)11(2,3)4/h5-8H,12H2,1-4H3,(H,14,15)/b6-5-,9-8+,13-7-. The fourth-order valence-electron chi connectivity index (χ4n) is 0.630. The molecule has 0 bridgehead atoms. The SMILES string of the molecule is C\C=C/C=N\C(=C/N)NC(=O)C(C)(C)C. The van der Waals surface area contributed by atoms with Gasteiger partial charge in [-0.25, -0.2) is 4.99 Å². The van der Waals surface area contributed by atoms with Gasteiger partial charge < -0.3 is 11.1 Å². The second kappa shape index (κ2) is 6.01. The fraction of sp³-hybridized carbons (Fsp3) is 0.455. The lowest BCUT2D eigenvalue weighted by Crippen LogP contribution is -2.34. The van der Waals surface area contributed by atoms with E-state index in [0.717, 1.165) is 0 Å². The van der Waals surface area contributed by atoms with Crippen molar-refractivity contribution in [2.45, 2.75) is 27.7 Å². The summed E-state index contributed by atoms with van der Waals surface area (Å²) in [5.41, 5.74) is 4.88. The highest BCUT2D eigenvalue weighted by atomic mass is 16.2. The smallest absolute Gasteiger partial charge is 0.230 e. The molecule has 0 aromatic rings. The Morgan fingerprint density at radius 1 is 1.40 bits per heavy atom. The third kappa shape index (κ3) is 5.67. The van der Waals surface area contributed by atoms with Crippen LogP contribution in [-0.4, -0.2) is 12.1 Å². The van der Waals surface area contributed by atoms with Crippen LogP contribution < -0.4 is 11.1 Å². The average molecular weight is 209 g/mol. The largest absolute Gasteiger partial charge is 0.402 e. The second-order valence-corrected chi connectivity index (χ2v) is 4.06. The van der Waals surface area contributed by atoms with Gasteiger partial charge in [-0.15, -0.1) is 0 Å². The molecule has 4 nitrogen and oxygen atoms in total. The first-order chi connectivity index (χ1) is 6.91. The van der Waals surface area contributed by atoms with Crippen molar-refractivity contribution < 1.29 is 4.79 Å². The molecule has 0 saturated heterocycles. The van der Waals surface area contributed by atoms with Crippen LogP contribution in [0, 0.1) is 5.41 Å². The topological polar surface area (TPSA) is 67.5 Å². The van der Waals surface area contributed by atoms with Gasteiger partial charge in [-0.3, -0.25) is 4.79 Å². The summed E-state index contributed by atoms with van der Waals surface area (Å²) in [4.78, 5) is 15.5. The van der Waals surface area contributed by atoms with Gasteiger partial charge in [0.1, 0.15) is 5.82 Å². The Labute approximate surface area is 91.0 Å². The predicted octanol–water partition coefficient (Wildman–Crippen LogP) is 1.55. The number of hydrogen-bond acceptors (Lipinski definition) is 3. The zero-order chi connectivity index (χ0) is 11.9.